The number of hydrogen-bond acceptors (Lipinski definition) is 5. The molecule has 1 aliphatic heterocycles. The predicted octanol–water partition coefficient (Wildman–Crippen LogP) is 10.9. The highest BCUT2D eigenvalue weighted by atomic mass is 16.5. The van der Waals surface area contributed by atoms with Gasteiger partial charge in [-0.3, -0.25) is 0 Å². The Labute approximate surface area is 301 Å². The minimum Gasteiger partial charge on any atom is -0.457 e. The zero-order chi connectivity index (χ0) is 34.6. The van der Waals surface area contributed by atoms with Gasteiger partial charge < -0.3 is 4.74 Å². The van der Waals surface area contributed by atoms with Crippen molar-refractivity contribution < 1.29 is 4.74 Å². The van der Waals surface area contributed by atoms with Crippen LogP contribution >= 0.6 is 0 Å². The Bertz CT molecular complexity index is 2660. The standard InChI is InChI=1S/C47H28N4O/c48-29-30-19-26-43-41(27-30)47(39-17-9-10-18-42(39)52-43)38-16-8-7-15-36(38)37-25-24-35(28-40(37)47)31-20-22-34(23-21-31)46-50-44(32-11-3-1-4-12-32)49-45(51-46)33-13-5-2-6-14-33/h1-28H. The summed E-state index contributed by atoms with van der Waals surface area (Å²) in [4.78, 5) is 14.7. The van der Waals surface area contributed by atoms with Gasteiger partial charge in [0.25, 0.3) is 0 Å². The van der Waals surface area contributed by atoms with Crippen molar-refractivity contribution in [1.82, 2.24) is 15.0 Å². The maximum absolute atomic E-state index is 10.00. The first-order chi connectivity index (χ1) is 25.7. The van der Waals surface area contributed by atoms with Gasteiger partial charge in [0, 0.05) is 27.8 Å². The van der Waals surface area contributed by atoms with E-state index in [-0.39, 0.29) is 0 Å². The quantitative estimate of drug-likeness (QED) is 0.187. The highest BCUT2D eigenvalue weighted by molar-refractivity contribution is 5.90. The molecule has 1 aliphatic carbocycles. The normalized spacial score (nSPS) is 14.8. The second kappa shape index (κ2) is 11.7. The molecule has 0 bridgehead atoms. The van der Waals surface area contributed by atoms with Crippen LogP contribution in [0.15, 0.2) is 170 Å². The Balaban J connectivity index is 1.12. The van der Waals surface area contributed by atoms with Crippen LogP contribution in [-0.4, -0.2) is 15.0 Å². The van der Waals surface area contributed by atoms with Gasteiger partial charge in [-0.1, -0.05) is 140 Å². The van der Waals surface area contributed by atoms with E-state index in [1.165, 1.54) is 22.3 Å². The van der Waals surface area contributed by atoms with Gasteiger partial charge in [-0.15, -0.1) is 0 Å². The van der Waals surface area contributed by atoms with Crippen molar-refractivity contribution >= 4 is 0 Å². The maximum atomic E-state index is 10.00. The van der Waals surface area contributed by atoms with Crippen LogP contribution in [0.25, 0.3) is 56.4 Å². The Morgan fingerprint density at radius 2 is 0.923 bits per heavy atom. The SMILES string of the molecule is N#Cc1ccc2c(c1)C1(c3ccccc3O2)c2ccccc2-c2ccc(-c3ccc(-c4nc(-c5ccccc5)nc(-c5ccccc5)n4)cc3)cc21. The minimum atomic E-state index is -0.661. The molecule has 7 aromatic carbocycles. The van der Waals surface area contributed by atoms with Gasteiger partial charge in [0.2, 0.25) is 0 Å². The van der Waals surface area contributed by atoms with Crippen LogP contribution in [0.3, 0.4) is 0 Å². The maximum Gasteiger partial charge on any atom is 0.164 e. The van der Waals surface area contributed by atoms with E-state index in [0.717, 1.165) is 50.4 Å². The van der Waals surface area contributed by atoms with Crippen molar-refractivity contribution in [3.63, 3.8) is 0 Å². The van der Waals surface area contributed by atoms with Crippen molar-refractivity contribution in [3.05, 3.63) is 198 Å². The van der Waals surface area contributed by atoms with Gasteiger partial charge in [-0.25, -0.2) is 15.0 Å². The number of aromatic nitrogens is 3. The fourth-order valence-corrected chi connectivity index (χ4v) is 7.90. The third-order valence-electron chi connectivity index (χ3n) is 10.2. The molecule has 1 aromatic heterocycles. The third-order valence-corrected chi connectivity index (χ3v) is 10.2. The molecular formula is C47H28N4O. The zero-order valence-electron chi connectivity index (χ0n) is 27.9. The van der Waals surface area contributed by atoms with Crippen LogP contribution in [0.4, 0.5) is 0 Å². The molecular weight excluding hydrogens is 637 g/mol. The number of ether oxygens (including phenoxy) is 1. The summed E-state index contributed by atoms with van der Waals surface area (Å²) in [5.74, 6) is 3.46. The predicted molar refractivity (Wildman–Crippen MR) is 204 cm³/mol. The first-order valence-corrected chi connectivity index (χ1v) is 17.2. The topological polar surface area (TPSA) is 71.7 Å². The highest BCUT2D eigenvalue weighted by Gasteiger charge is 2.51. The Kier molecular flexibility index (Phi) is 6.70. The fraction of sp³-hybridized carbons (Fsp3) is 0.0213. The van der Waals surface area contributed by atoms with E-state index in [1.54, 1.807) is 0 Å². The average Bonchev–Trinajstić information content (AvgIpc) is 3.51. The van der Waals surface area contributed by atoms with E-state index >= 15 is 0 Å². The van der Waals surface area contributed by atoms with Crippen LogP contribution in [-0.2, 0) is 5.41 Å². The number of fused-ring (bicyclic) bond motifs is 9. The molecule has 242 valence electrons. The summed E-state index contributed by atoms with van der Waals surface area (Å²) < 4.78 is 6.51. The molecule has 0 saturated heterocycles. The van der Waals surface area contributed by atoms with Crippen LogP contribution in [0, 0.1) is 11.3 Å². The smallest absolute Gasteiger partial charge is 0.164 e. The molecule has 5 nitrogen and oxygen atoms in total. The lowest BCUT2D eigenvalue weighted by molar-refractivity contribution is 0.436. The Hall–Kier alpha value is -7.16. The molecule has 10 rings (SSSR count). The van der Waals surface area contributed by atoms with Gasteiger partial charge in [-0.05, 0) is 63.7 Å². The molecule has 5 heteroatoms. The van der Waals surface area contributed by atoms with Crippen LogP contribution in [0.1, 0.15) is 27.8 Å². The first kappa shape index (κ1) is 29.7. The molecule has 0 N–H and O–H groups in total. The minimum absolute atomic E-state index is 0.600. The number of nitriles is 1. The highest BCUT2D eigenvalue weighted by Crippen LogP contribution is 2.62. The molecule has 0 fully saturated rings. The second-order valence-electron chi connectivity index (χ2n) is 13.1. The van der Waals surface area contributed by atoms with Crippen molar-refractivity contribution in [1.29, 1.82) is 5.26 Å². The number of hydrogen-bond donors (Lipinski definition) is 0. The van der Waals surface area contributed by atoms with E-state index in [0.29, 0.717) is 23.0 Å². The number of rotatable bonds is 4. The molecule has 2 heterocycles. The fourth-order valence-electron chi connectivity index (χ4n) is 7.90. The lowest BCUT2D eigenvalue weighted by atomic mass is 9.65. The lowest BCUT2D eigenvalue weighted by Crippen LogP contribution is -2.32. The van der Waals surface area contributed by atoms with E-state index in [2.05, 4.69) is 84.9 Å². The lowest BCUT2D eigenvalue weighted by Gasteiger charge is -2.39. The van der Waals surface area contributed by atoms with Gasteiger partial charge in [-0.2, -0.15) is 5.26 Å². The summed E-state index contributed by atoms with van der Waals surface area (Å²) in [5, 5.41) is 10.00. The second-order valence-corrected chi connectivity index (χ2v) is 13.1. The van der Waals surface area contributed by atoms with Crippen LogP contribution < -0.4 is 4.74 Å². The van der Waals surface area contributed by atoms with Gasteiger partial charge >= 0.3 is 0 Å². The largest absolute Gasteiger partial charge is 0.457 e. The number of para-hydroxylation sites is 1. The van der Waals surface area contributed by atoms with E-state index in [9.17, 15) is 5.26 Å². The Morgan fingerprint density at radius 1 is 0.404 bits per heavy atom. The molecule has 52 heavy (non-hydrogen) atoms. The van der Waals surface area contributed by atoms with Crippen LogP contribution in [0.2, 0.25) is 0 Å². The molecule has 8 aromatic rings. The first-order valence-electron chi connectivity index (χ1n) is 17.2. The summed E-state index contributed by atoms with van der Waals surface area (Å²) in [6.45, 7) is 0. The van der Waals surface area contributed by atoms with Gasteiger partial charge in [0.05, 0.1) is 17.0 Å². The molecule has 1 atom stereocenters. The van der Waals surface area contributed by atoms with Gasteiger partial charge in [0.15, 0.2) is 17.5 Å². The Morgan fingerprint density at radius 3 is 1.60 bits per heavy atom. The van der Waals surface area contributed by atoms with Crippen molar-refractivity contribution in [2.75, 3.05) is 0 Å². The summed E-state index contributed by atoms with van der Waals surface area (Å²) in [7, 11) is 0. The monoisotopic (exact) mass is 664 g/mol. The average molecular weight is 665 g/mol. The molecule has 0 amide bonds. The zero-order valence-corrected chi connectivity index (χ0v) is 27.9. The molecule has 0 radical (unpaired) electrons. The summed E-state index contributed by atoms with van der Waals surface area (Å²) in [6.07, 6.45) is 0. The van der Waals surface area contributed by atoms with Crippen molar-refractivity contribution in [2.45, 2.75) is 5.41 Å². The molecule has 1 spiro atoms. The molecule has 1 unspecified atom stereocenters. The van der Waals surface area contributed by atoms with E-state index in [1.807, 2.05) is 91.0 Å². The van der Waals surface area contributed by atoms with Crippen molar-refractivity contribution in [2.24, 2.45) is 0 Å². The third kappa shape index (κ3) is 4.52. The van der Waals surface area contributed by atoms with E-state index < -0.39 is 5.41 Å². The molecule has 0 saturated carbocycles. The van der Waals surface area contributed by atoms with Crippen LogP contribution in [0.5, 0.6) is 11.5 Å². The summed E-state index contributed by atoms with van der Waals surface area (Å²) in [6, 6.07) is 60.3. The molecule has 2 aliphatic rings. The summed E-state index contributed by atoms with van der Waals surface area (Å²) in [5.41, 5.74) is 11.6. The van der Waals surface area contributed by atoms with E-state index in [4.69, 9.17) is 19.7 Å². The van der Waals surface area contributed by atoms with Crippen molar-refractivity contribution in [3.8, 4) is 74.0 Å². The summed E-state index contributed by atoms with van der Waals surface area (Å²) >= 11 is 0. The number of benzene rings is 7. The van der Waals surface area contributed by atoms with Gasteiger partial charge in [0.1, 0.15) is 11.5 Å². The number of nitrogens with zero attached hydrogens (tertiary/aromatic N) is 4.